The number of likely N-dealkylation sites (tertiary alicyclic amines) is 1. The molecule has 1 aliphatic carbocycles. The van der Waals surface area contributed by atoms with Crippen LogP contribution in [0.4, 0.5) is 18.0 Å². The van der Waals surface area contributed by atoms with Gasteiger partial charge in [-0.25, -0.2) is 9.59 Å². The molecule has 0 aromatic heterocycles. The highest BCUT2D eigenvalue weighted by molar-refractivity contribution is 6.17. The standard InChI is InChI=1S/C13H17ClF3NO4/c1-12(2,3)22-11(20)18-7(10(19)21-5-14)4-6-8(9(6)18)13(15,16)17/h6-9H,4-5H2,1-3H3. The minimum absolute atomic E-state index is 0.0934. The molecule has 1 saturated carbocycles. The van der Waals surface area contributed by atoms with Crippen molar-refractivity contribution in [2.75, 3.05) is 6.07 Å². The van der Waals surface area contributed by atoms with E-state index in [-0.39, 0.29) is 6.42 Å². The van der Waals surface area contributed by atoms with Crippen molar-refractivity contribution in [2.45, 2.75) is 51.1 Å². The Balaban J connectivity index is 2.18. The van der Waals surface area contributed by atoms with Crippen molar-refractivity contribution in [2.24, 2.45) is 11.8 Å². The first-order chi connectivity index (χ1) is 9.97. The van der Waals surface area contributed by atoms with E-state index in [1.807, 2.05) is 0 Å². The van der Waals surface area contributed by atoms with Crippen LogP contribution in [0.3, 0.4) is 0 Å². The van der Waals surface area contributed by atoms with Gasteiger partial charge in [0.05, 0.1) is 12.0 Å². The maximum Gasteiger partial charge on any atom is 0.411 e. The topological polar surface area (TPSA) is 55.8 Å². The number of ether oxygens (including phenoxy) is 2. The molecule has 22 heavy (non-hydrogen) atoms. The first-order valence-electron chi connectivity index (χ1n) is 6.78. The molecule has 4 unspecified atom stereocenters. The summed E-state index contributed by atoms with van der Waals surface area (Å²) in [4.78, 5) is 24.9. The highest BCUT2D eigenvalue weighted by atomic mass is 35.5. The van der Waals surface area contributed by atoms with Crippen molar-refractivity contribution in [1.82, 2.24) is 4.90 Å². The van der Waals surface area contributed by atoms with E-state index >= 15 is 0 Å². The smallest absolute Gasteiger partial charge is 0.411 e. The molecule has 0 aromatic rings. The summed E-state index contributed by atoms with van der Waals surface area (Å²) in [6.07, 6.45) is -5.44. The van der Waals surface area contributed by atoms with Crippen LogP contribution >= 0.6 is 11.6 Å². The normalized spacial score (nSPS) is 30.8. The van der Waals surface area contributed by atoms with Crippen LogP contribution in [-0.4, -0.2) is 46.9 Å². The van der Waals surface area contributed by atoms with Crippen molar-refractivity contribution in [3.63, 3.8) is 0 Å². The van der Waals surface area contributed by atoms with Crippen LogP contribution < -0.4 is 0 Å². The SMILES string of the molecule is CC(C)(C)OC(=O)N1C(C(=O)OCCl)CC2C1C2C(F)(F)F. The van der Waals surface area contributed by atoms with Crippen molar-refractivity contribution < 1.29 is 32.2 Å². The number of hydrogen-bond donors (Lipinski definition) is 0. The predicted octanol–water partition coefficient (Wildman–Crippen LogP) is 2.91. The zero-order valence-electron chi connectivity index (χ0n) is 12.3. The summed E-state index contributed by atoms with van der Waals surface area (Å²) in [5.41, 5.74) is -0.876. The molecule has 1 aliphatic heterocycles. The summed E-state index contributed by atoms with van der Waals surface area (Å²) >= 11 is 5.30. The van der Waals surface area contributed by atoms with Crippen LogP contribution in [0.2, 0.25) is 0 Å². The molecule has 2 rings (SSSR count). The van der Waals surface area contributed by atoms with E-state index in [0.29, 0.717) is 0 Å². The highest BCUT2D eigenvalue weighted by Gasteiger charge is 2.73. The van der Waals surface area contributed by atoms with Gasteiger partial charge in [-0.3, -0.25) is 4.90 Å². The van der Waals surface area contributed by atoms with Gasteiger partial charge in [0, 0.05) is 0 Å². The van der Waals surface area contributed by atoms with Gasteiger partial charge >= 0.3 is 18.2 Å². The Morgan fingerprint density at radius 1 is 1.27 bits per heavy atom. The number of hydrogen-bond acceptors (Lipinski definition) is 4. The van der Waals surface area contributed by atoms with E-state index in [0.717, 1.165) is 4.90 Å². The van der Waals surface area contributed by atoms with Crippen LogP contribution in [0.25, 0.3) is 0 Å². The molecule has 1 heterocycles. The van der Waals surface area contributed by atoms with Crippen LogP contribution in [0, 0.1) is 11.8 Å². The van der Waals surface area contributed by atoms with Crippen molar-refractivity contribution in [3.05, 3.63) is 0 Å². The maximum atomic E-state index is 12.9. The van der Waals surface area contributed by atoms with Gasteiger partial charge < -0.3 is 9.47 Å². The van der Waals surface area contributed by atoms with Gasteiger partial charge in [0.2, 0.25) is 0 Å². The van der Waals surface area contributed by atoms with E-state index in [2.05, 4.69) is 4.74 Å². The lowest BCUT2D eigenvalue weighted by Crippen LogP contribution is -2.48. The molecule has 0 spiro atoms. The van der Waals surface area contributed by atoms with Crippen molar-refractivity contribution >= 4 is 23.7 Å². The summed E-state index contributed by atoms with van der Waals surface area (Å²) in [6, 6.07) is -2.57. The highest BCUT2D eigenvalue weighted by Crippen LogP contribution is 2.60. The predicted molar refractivity (Wildman–Crippen MR) is 70.1 cm³/mol. The van der Waals surface area contributed by atoms with Crippen molar-refractivity contribution in [1.29, 1.82) is 0 Å². The molecule has 5 nitrogen and oxygen atoms in total. The largest absolute Gasteiger partial charge is 0.448 e. The molecule has 0 aromatic carbocycles. The molecule has 1 saturated heterocycles. The van der Waals surface area contributed by atoms with E-state index < -0.39 is 53.8 Å². The molecule has 0 bridgehead atoms. The van der Waals surface area contributed by atoms with Crippen molar-refractivity contribution in [3.8, 4) is 0 Å². The lowest BCUT2D eigenvalue weighted by molar-refractivity contribution is -0.163. The van der Waals surface area contributed by atoms with E-state index in [1.54, 1.807) is 20.8 Å². The van der Waals surface area contributed by atoms with Gasteiger partial charge in [-0.05, 0) is 33.1 Å². The minimum Gasteiger partial charge on any atom is -0.448 e. The second-order valence-corrected chi connectivity index (χ2v) is 6.65. The quantitative estimate of drug-likeness (QED) is 0.571. The second kappa shape index (κ2) is 5.47. The van der Waals surface area contributed by atoms with E-state index in [4.69, 9.17) is 16.3 Å². The Kier molecular flexibility index (Phi) is 4.27. The Hall–Kier alpha value is -1.18. The molecule has 126 valence electrons. The van der Waals surface area contributed by atoms with E-state index in [1.165, 1.54) is 0 Å². The lowest BCUT2D eigenvalue weighted by atomic mass is 10.1. The molecule has 4 atom stereocenters. The third kappa shape index (κ3) is 3.26. The van der Waals surface area contributed by atoms with Gasteiger partial charge in [-0.1, -0.05) is 11.6 Å². The molecular weight excluding hydrogens is 327 g/mol. The molecular formula is C13H17ClF3NO4. The first kappa shape index (κ1) is 17.2. The fourth-order valence-electron chi connectivity index (χ4n) is 2.96. The van der Waals surface area contributed by atoms with Crippen LogP contribution in [0.1, 0.15) is 27.2 Å². The fraction of sp³-hybridized carbons (Fsp3) is 0.846. The minimum atomic E-state index is -4.41. The van der Waals surface area contributed by atoms with E-state index in [9.17, 15) is 22.8 Å². The third-order valence-electron chi connectivity index (χ3n) is 3.73. The number of esters is 1. The van der Waals surface area contributed by atoms with Gasteiger partial charge in [-0.15, -0.1) is 0 Å². The number of rotatable bonds is 2. The summed E-state index contributed by atoms with van der Waals surface area (Å²) in [5, 5.41) is 0. The van der Waals surface area contributed by atoms with Crippen LogP contribution in [0.15, 0.2) is 0 Å². The number of fused-ring (bicyclic) bond motifs is 1. The van der Waals surface area contributed by atoms with Gasteiger partial charge in [-0.2, -0.15) is 13.2 Å². The number of alkyl halides is 4. The lowest BCUT2D eigenvalue weighted by Gasteiger charge is -2.30. The average Bonchev–Trinajstić information content (AvgIpc) is 2.89. The molecule has 2 fully saturated rings. The number of nitrogens with zero attached hydrogens (tertiary/aromatic N) is 1. The summed E-state index contributed by atoms with van der Waals surface area (Å²) in [5.74, 6) is -3.21. The summed E-state index contributed by atoms with van der Waals surface area (Å²) in [6.45, 7) is 4.79. The summed E-state index contributed by atoms with van der Waals surface area (Å²) < 4.78 is 48.4. The second-order valence-electron chi connectivity index (χ2n) is 6.43. The maximum absolute atomic E-state index is 12.9. The third-order valence-corrected chi connectivity index (χ3v) is 3.84. The molecule has 9 heteroatoms. The van der Waals surface area contributed by atoms with Gasteiger partial charge in [0.25, 0.3) is 0 Å². The number of amides is 1. The Bertz CT molecular complexity index is 477. The number of carbonyl (C=O) groups excluding carboxylic acids is 2. The zero-order chi connectivity index (χ0) is 16.9. The summed E-state index contributed by atoms with van der Waals surface area (Å²) in [7, 11) is 0. The monoisotopic (exact) mass is 343 g/mol. The number of halogens is 4. The molecule has 1 amide bonds. The Morgan fingerprint density at radius 3 is 2.32 bits per heavy atom. The molecule has 0 N–H and O–H groups in total. The zero-order valence-corrected chi connectivity index (χ0v) is 13.1. The Labute approximate surface area is 130 Å². The number of carbonyl (C=O) groups is 2. The molecule has 2 aliphatic rings. The average molecular weight is 344 g/mol. The molecule has 0 radical (unpaired) electrons. The van der Waals surface area contributed by atoms with Gasteiger partial charge in [0.15, 0.2) is 6.07 Å². The Morgan fingerprint density at radius 2 is 1.86 bits per heavy atom. The first-order valence-corrected chi connectivity index (χ1v) is 7.31. The fourth-order valence-corrected chi connectivity index (χ4v) is 3.07. The van der Waals surface area contributed by atoms with Gasteiger partial charge in [0.1, 0.15) is 11.6 Å². The number of piperidine rings is 1. The van der Waals surface area contributed by atoms with Crippen LogP contribution in [-0.2, 0) is 14.3 Å². The van der Waals surface area contributed by atoms with Crippen LogP contribution in [0.5, 0.6) is 0 Å².